The Morgan fingerprint density at radius 1 is 1.16 bits per heavy atom. The zero-order valence-electron chi connectivity index (χ0n) is 11.6. The summed E-state index contributed by atoms with van der Waals surface area (Å²) >= 11 is 0. The molecule has 2 rings (SSSR count). The zero-order valence-corrected chi connectivity index (χ0v) is 11.6. The molecule has 0 bridgehead atoms. The Balaban J connectivity index is 2.11. The van der Waals surface area contributed by atoms with E-state index in [-0.39, 0.29) is 5.92 Å². The average molecular weight is 260 g/mol. The van der Waals surface area contributed by atoms with Gasteiger partial charge in [0.15, 0.2) is 5.82 Å². The van der Waals surface area contributed by atoms with Crippen LogP contribution in [0.4, 0.5) is 0 Å². The highest BCUT2D eigenvalue weighted by Crippen LogP contribution is 2.29. The van der Waals surface area contributed by atoms with E-state index >= 15 is 0 Å². The second-order valence-corrected chi connectivity index (χ2v) is 5.29. The minimum absolute atomic E-state index is 0.212. The predicted molar refractivity (Wildman–Crippen MR) is 72.7 cm³/mol. The van der Waals surface area contributed by atoms with E-state index < -0.39 is 6.10 Å². The van der Waals surface area contributed by atoms with Gasteiger partial charge in [0.1, 0.15) is 0 Å². The summed E-state index contributed by atoms with van der Waals surface area (Å²) in [5.74, 6) is 1.47. The maximum absolute atomic E-state index is 10.3. The third-order valence-electron chi connectivity index (χ3n) is 3.08. The minimum Gasteiger partial charge on any atom is -0.388 e. The molecule has 2 aromatic rings. The van der Waals surface area contributed by atoms with Crippen molar-refractivity contribution in [2.75, 3.05) is 0 Å². The molecule has 0 aliphatic carbocycles. The molecule has 0 radical (unpaired) electrons. The molecule has 0 aliphatic rings. The van der Waals surface area contributed by atoms with Crippen molar-refractivity contribution in [1.82, 2.24) is 10.1 Å². The maximum atomic E-state index is 10.3. The van der Waals surface area contributed by atoms with Crippen molar-refractivity contribution in [2.24, 2.45) is 5.92 Å². The van der Waals surface area contributed by atoms with E-state index in [1.807, 2.05) is 37.3 Å². The van der Waals surface area contributed by atoms with Gasteiger partial charge in [0, 0.05) is 6.42 Å². The zero-order chi connectivity index (χ0) is 13.8. The Bertz CT molecular complexity index is 508. The lowest BCUT2D eigenvalue weighted by atomic mass is 9.97. The Morgan fingerprint density at radius 3 is 2.47 bits per heavy atom. The third kappa shape index (κ3) is 3.41. The van der Waals surface area contributed by atoms with E-state index in [1.165, 1.54) is 0 Å². The molecule has 0 fully saturated rings. The Kier molecular flexibility index (Phi) is 4.32. The topological polar surface area (TPSA) is 59.2 Å². The molecule has 4 nitrogen and oxygen atoms in total. The molecule has 2 atom stereocenters. The van der Waals surface area contributed by atoms with Crippen LogP contribution in [0, 0.1) is 5.92 Å². The van der Waals surface area contributed by atoms with Crippen LogP contribution in [0.25, 0.3) is 0 Å². The Labute approximate surface area is 113 Å². The molecule has 19 heavy (non-hydrogen) atoms. The molecule has 4 heteroatoms. The molecule has 0 saturated carbocycles. The first-order chi connectivity index (χ1) is 9.08. The van der Waals surface area contributed by atoms with Crippen LogP contribution in [0.5, 0.6) is 0 Å². The molecule has 0 aliphatic heterocycles. The van der Waals surface area contributed by atoms with E-state index in [2.05, 4.69) is 24.0 Å². The summed E-state index contributed by atoms with van der Waals surface area (Å²) in [7, 11) is 0. The normalized spacial score (nSPS) is 14.6. The molecule has 1 aromatic carbocycles. The van der Waals surface area contributed by atoms with Crippen LogP contribution < -0.4 is 0 Å². The molecule has 1 N–H and O–H groups in total. The van der Waals surface area contributed by atoms with Gasteiger partial charge in [-0.05, 0) is 11.5 Å². The van der Waals surface area contributed by atoms with Crippen LogP contribution in [-0.4, -0.2) is 15.2 Å². The second-order valence-electron chi connectivity index (χ2n) is 5.29. The first-order valence-electron chi connectivity index (χ1n) is 6.63. The van der Waals surface area contributed by atoms with Gasteiger partial charge in [-0.1, -0.05) is 56.3 Å². The van der Waals surface area contributed by atoms with Gasteiger partial charge >= 0.3 is 0 Å². The van der Waals surface area contributed by atoms with Crippen LogP contribution in [0.1, 0.15) is 50.1 Å². The molecule has 0 amide bonds. The number of aliphatic hydroxyl groups is 1. The van der Waals surface area contributed by atoms with Crippen LogP contribution in [0.3, 0.4) is 0 Å². The summed E-state index contributed by atoms with van der Waals surface area (Å²) in [6.45, 7) is 6.11. The van der Waals surface area contributed by atoms with Gasteiger partial charge in [-0.15, -0.1) is 0 Å². The van der Waals surface area contributed by atoms with Crippen molar-refractivity contribution in [1.29, 1.82) is 0 Å². The summed E-state index contributed by atoms with van der Waals surface area (Å²) < 4.78 is 5.25. The quantitative estimate of drug-likeness (QED) is 0.897. The lowest BCUT2D eigenvalue weighted by Crippen LogP contribution is -2.08. The van der Waals surface area contributed by atoms with Gasteiger partial charge in [0.25, 0.3) is 0 Å². The van der Waals surface area contributed by atoms with Crippen molar-refractivity contribution in [3.05, 3.63) is 47.6 Å². The first kappa shape index (κ1) is 13.7. The minimum atomic E-state index is -0.631. The monoisotopic (exact) mass is 260 g/mol. The SMILES string of the molecule is CC(C)Cc1noc(C(C)C(O)c2ccccc2)n1. The number of nitrogens with zero attached hydrogens (tertiary/aromatic N) is 2. The molecular weight excluding hydrogens is 240 g/mol. The molecule has 0 spiro atoms. The lowest BCUT2D eigenvalue weighted by molar-refractivity contribution is 0.135. The number of hydrogen-bond acceptors (Lipinski definition) is 4. The summed E-state index contributed by atoms with van der Waals surface area (Å²) in [6.07, 6.45) is 0.158. The Morgan fingerprint density at radius 2 is 1.84 bits per heavy atom. The summed E-state index contributed by atoms with van der Waals surface area (Å²) in [6, 6.07) is 9.53. The van der Waals surface area contributed by atoms with Gasteiger partial charge in [-0.25, -0.2) is 0 Å². The highest BCUT2D eigenvalue weighted by atomic mass is 16.5. The molecule has 1 heterocycles. The number of rotatable bonds is 5. The van der Waals surface area contributed by atoms with Crippen LogP contribution in [0.2, 0.25) is 0 Å². The van der Waals surface area contributed by atoms with E-state index in [4.69, 9.17) is 4.52 Å². The number of aromatic nitrogens is 2. The molecular formula is C15H20N2O2. The van der Waals surface area contributed by atoms with Crippen LogP contribution >= 0.6 is 0 Å². The fourth-order valence-corrected chi connectivity index (χ4v) is 1.97. The summed E-state index contributed by atoms with van der Waals surface area (Å²) in [5.41, 5.74) is 0.860. The van der Waals surface area contributed by atoms with Crippen molar-refractivity contribution in [3.8, 4) is 0 Å². The van der Waals surface area contributed by atoms with Crippen LogP contribution in [0.15, 0.2) is 34.9 Å². The van der Waals surface area contributed by atoms with Gasteiger partial charge in [-0.3, -0.25) is 0 Å². The van der Waals surface area contributed by atoms with E-state index in [9.17, 15) is 5.11 Å². The van der Waals surface area contributed by atoms with Crippen molar-refractivity contribution < 1.29 is 9.63 Å². The fourth-order valence-electron chi connectivity index (χ4n) is 1.97. The average Bonchev–Trinajstić information content (AvgIpc) is 2.85. The third-order valence-corrected chi connectivity index (χ3v) is 3.08. The largest absolute Gasteiger partial charge is 0.388 e. The van der Waals surface area contributed by atoms with Crippen LogP contribution in [-0.2, 0) is 6.42 Å². The number of aliphatic hydroxyl groups excluding tert-OH is 1. The fraction of sp³-hybridized carbons (Fsp3) is 0.467. The van der Waals surface area contributed by atoms with E-state index in [0.29, 0.717) is 17.6 Å². The lowest BCUT2D eigenvalue weighted by Gasteiger charge is -2.15. The molecule has 0 saturated heterocycles. The Hall–Kier alpha value is -1.68. The first-order valence-corrected chi connectivity index (χ1v) is 6.63. The van der Waals surface area contributed by atoms with Gasteiger partial charge in [0.05, 0.1) is 12.0 Å². The van der Waals surface area contributed by atoms with E-state index in [0.717, 1.165) is 12.0 Å². The van der Waals surface area contributed by atoms with Gasteiger partial charge < -0.3 is 9.63 Å². The molecule has 2 unspecified atom stereocenters. The highest BCUT2D eigenvalue weighted by Gasteiger charge is 2.23. The summed E-state index contributed by atoms with van der Waals surface area (Å²) in [4.78, 5) is 4.36. The highest BCUT2D eigenvalue weighted by molar-refractivity contribution is 5.20. The maximum Gasteiger partial charge on any atom is 0.232 e. The van der Waals surface area contributed by atoms with Crippen molar-refractivity contribution in [2.45, 2.75) is 39.2 Å². The number of hydrogen-bond donors (Lipinski definition) is 1. The molecule has 102 valence electrons. The second kappa shape index (κ2) is 5.97. The summed E-state index contributed by atoms with van der Waals surface area (Å²) in [5, 5.41) is 14.3. The van der Waals surface area contributed by atoms with Gasteiger partial charge in [-0.2, -0.15) is 4.98 Å². The van der Waals surface area contributed by atoms with Crippen molar-refractivity contribution >= 4 is 0 Å². The smallest absolute Gasteiger partial charge is 0.232 e. The molecule has 1 aromatic heterocycles. The number of benzene rings is 1. The predicted octanol–water partition coefficient (Wildman–Crippen LogP) is 3.11. The van der Waals surface area contributed by atoms with Crippen molar-refractivity contribution in [3.63, 3.8) is 0 Å². The standard InChI is InChI=1S/C15H20N2O2/c1-10(2)9-13-16-15(19-17-13)11(3)14(18)12-7-5-4-6-8-12/h4-8,10-11,14,18H,9H2,1-3H3. The van der Waals surface area contributed by atoms with E-state index in [1.54, 1.807) is 0 Å². The van der Waals surface area contributed by atoms with Gasteiger partial charge in [0.2, 0.25) is 5.89 Å².